The van der Waals surface area contributed by atoms with Crippen molar-refractivity contribution >= 4 is 11.9 Å². The molecule has 1 heterocycles. The molecule has 172 valence electrons. The number of nitrogens with one attached hydrogen (secondary N) is 1. The standard InChI is InChI=1S/C27H31N3O3/c1-31-24-10-6-9-23(19-24)30-13-11-29(12-14-30)15-16-33-27-25(22-7-4-3-5-8-22)17-21(20-28)18-26(27)32-2/h3-10,17-20,28H,11-16H2,1-2H3. The summed E-state index contributed by atoms with van der Waals surface area (Å²) < 4.78 is 17.3. The number of ether oxygens (including phenoxy) is 3. The Hall–Kier alpha value is -3.51. The Morgan fingerprint density at radius 1 is 0.879 bits per heavy atom. The van der Waals surface area contributed by atoms with E-state index in [4.69, 9.17) is 19.6 Å². The van der Waals surface area contributed by atoms with Gasteiger partial charge in [-0.15, -0.1) is 0 Å². The third-order valence-electron chi connectivity index (χ3n) is 5.99. The van der Waals surface area contributed by atoms with Gasteiger partial charge in [0.1, 0.15) is 12.4 Å². The van der Waals surface area contributed by atoms with Crippen molar-refractivity contribution in [3.05, 3.63) is 72.3 Å². The predicted octanol–water partition coefficient (Wildman–Crippen LogP) is 4.57. The zero-order valence-electron chi connectivity index (χ0n) is 19.3. The minimum atomic E-state index is 0.569. The second kappa shape index (κ2) is 10.9. The highest BCUT2D eigenvalue weighted by Gasteiger charge is 2.19. The average molecular weight is 446 g/mol. The van der Waals surface area contributed by atoms with E-state index in [1.807, 2.05) is 54.6 Å². The normalized spacial score (nSPS) is 14.1. The van der Waals surface area contributed by atoms with Gasteiger partial charge in [-0.05, 0) is 35.4 Å². The van der Waals surface area contributed by atoms with Gasteiger partial charge in [0.2, 0.25) is 0 Å². The van der Waals surface area contributed by atoms with Gasteiger partial charge < -0.3 is 24.5 Å². The fourth-order valence-corrected chi connectivity index (χ4v) is 4.15. The third-order valence-corrected chi connectivity index (χ3v) is 5.99. The highest BCUT2D eigenvalue weighted by molar-refractivity contribution is 5.85. The minimum absolute atomic E-state index is 0.569. The lowest BCUT2D eigenvalue weighted by molar-refractivity contribution is 0.197. The zero-order chi connectivity index (χ0) is 23.0. The second-order valence-corrected chi connectivity index (χ2v) is 7.99. The van der Waals surface area contributed by atoms with Crippen LogP contribution in [-0.4, -0.2) is 64.7 Å². The number of methoxy groups -OCH3 is 2. The van der Waals surface area contributed by atoms with E-state index >= 15 is 0 Å². The summed E-state index contributed by atoms with van der Waals surface area (Å²) in [6.07, 6.45) is 1.33. The first-order valence-corrected chi connectivity index (χ1v) is 11.2. The molecule has 0 atom stereocenters. The van der Waals surface area contributed by atoms with Crippen LogP contribution in [-0.2, 0) is 0 Å². The molecular weight excluding hydrogens is 414 g/mol. The van der Waals surface area contributed by atoms with Crippen molar-refractivity contribution in [3.63, 3.8) is 0 Å². The van der Waals surface area contributed by atoms with Crippen molar-refractivity contribution in [1.29, 1.82) is 5.41 Å². The van der Waals surface area contributed by atoms with E-state index in [1.165, 1.54) is 11.9 Å². The quantitative estimate of drug-likeness (QED) is 0.489. The molecule has 3 aromatic carbocycles. The van der Waals surface area contributed by atoms with Crippen LogP contribution in [0.25, 0.3) is 11.1 Å². The number of nitrogens with zero attached hydrogens (tertiary/aromatic N) is 2. The fraction of sp³-hybridized carbons (Fsp3) is 0.296. The second-order valence-electron chi connectivity index (χ2n) is 7.99. The summed E-state index contributed by atoms with van der Waals surface area (Å²) >= 11 is 0. The van der Waals surface area contributed by atoms with E-state index in [9.17, 15) is 0 Å². The minimum Gasteiger partial charge on any atom is -0.497 e. The van der Waals surface area contributed by atoms with Gasteiger partial charge in [-0.25, -0.2) is 0 Å². The molecule has 1 aliphatic heterocycles. The van der Waals surface area contributed by atoms with Crippen LogP contribution in [0, 0.1) is 5.41 Å². The molecule has 1 saturated heterocycles. The van der Waals surface area contributed by atoms with Crippen LogP contribution in [0.4, 0.5) is 5.69 Å². The van der Waals surface area contributed by atoms with E-state index in [0.717, 1.165) is 60.9 Å². The number of rotatable bonds is 9. The molecule has 0 bridgehead atoms. The summed E-state index contributed by atoms with van der Waals surface area (Å²) in [4.78, 5) is 4.82. The first-order chi connectivity index (χ1) is 16.2. The summed E-state index contributed by atoms with van der Waals surface area (Å²) in [6.45, 7) is 5.32. The Kier molecular flexibility index (Phi) is 7.47. The van der Waals surface area contributed by atoms with Gasteiger partial charge in [-0.3, -0.25) is 4.90 Å². The highest BCUT2D eigenvalue weighted by Crippen LogP contribution is 2.39. The molecule has 0 spiro atoms. The molecule has 4 rings (SSSR count). The molecule has 0 radical (unpaired) electrons. The molecular formula is C27H31N3O3. The van der Waals surface area contributed by atoms with Crippen LogP contribution >= 0.6 is 0 Å². The topological polar surface area (TPSA) is 58.0 Å². The molecule has 0 aliphatic carbocycles. The van der Waals surface area contributed by atoms with Crippen LogP contribution in [0.5, 0.6) is 17.2 Å². The monoisotopic (exact) mass is 445 g/mol. The summed E-state index contributed by atoms with van der Waals surface area (Å²) in [5.41, 5.74) is 3.97. The predicted molar refractivity (Wildman–Crippen MR) is 133 cm³/mol. The summed E-state index contributed by atoms with van der Waals surface area (Å²) in [7, 11) is 3.34. The third kappa shape index (κ3) is 5.46. The van der Waals surface area contributed by atoms with E-state index in [0.29, 0.717) is 12.4 Å². The van der Waals surface area contributed by atoms with Gasteiger partial charge in [0, 0.05) is 56.3 Å². The first kappa shape index (κ1) is 22.7. The maximum Gasteiger partial charge on any atom is 0.169 e. The lowest BCUT2D eigenvalue weighted by Crippen LogP contribution is -2.47. The number of benzene rings is 3. The molecule has 0 aromatic heterocycles. The van der Waals surface area contributed by atoms with Crippen LogP contribution in [0.1, 0.15) is 5.56 Å². The Morgan fingerprint density at radius 3 is 2.36 bits per heavy atom. The molecule has 0 amide bonds. The Labute approximate surface area is 195 Å². The van der Waals surface area contributed by atoms with Crippen molar-refractivity contribution in [3.8, 4) is 28.4 Å². The van der Waals surface area contributed by atoms with E-state index in [-0.39, 0.29) is 0 Å². The molecule has 0 saturated carbocycles. The molecule has 1 fully saturated rings. The van der Waals surface area contributed by atoms with Crippen molar-refractivity contribution < 1.29 is 14.2 Å². The molecule has 3 aromatic rings. The van der Waals surface area contributed by atoms with Gasteiger partial charge in [-0.2, -0.15) is 0 Å². The first-order valence-electron chi connectivity index (χ1n) is 11.2. The van der Waals surface area contributed by atoms with Crippen LogP contribution in [0.3, 0.4) is 0 Å². The number of anilines is 1. The summed E-state index contributed by atoms with van der Waals surface area (Å²) in [6, 6.07) is 22.2. The maximum atomic E-state index is 7.68. The molecule has 33 heavy (non-hydrogen) atoms. The molecule has 6 nitrogen and oxygen atoms in total. The van der Waals surface area contributed by atoms with E-state index in [2.05, 4.69) is 21.9 Å². The lowest BCUT2D eigenvalue weighted by Gasteiger charge is -2.36. The van der Waals surface area contributed by atoms with Gasteiger partial charge in [0.05, 0.1) is 14.2 Å². The van der Waals surface area contributed by atoms with E-state index < -0.39 is 0 Å². The van der Waals surface area contributed by atoms with Crippen LogP contribution < -0.4 is 19.1 Å². The Balaban J connectivity index is 1.39. The van der Waals surface area contributed by atoms with Gasteiger partial charge in [-0.1, -0.05) is 36.4 Å². The number of piperazine rings is 1. The van der Waals surface area contributed by atoms with Gasteiger partial charge in [0.15, 0.2) is 11.5 Å². The maximum absolute atomic E-state index is 7.68. The largest absolute Gasteiger partial charge is 0.497 e. The molecule has 6 heteroatoms. The van der Waals surface area contributed by atoms with Crippen molar-refractivity contribution in [2.24, 2.45) is 0 Å². The SMILES string of the molecule is COc1cccc(N2CCN(CCOc3c(OC)cc(C=N)cc3-c3ccccc3)CC2)c1. The highest BCUT2D eigenvalue weighted by atomic mass is 16.5. The number of hydrogen-bond acceptors (Lipinski definition) is 6. The summed E-state index contributed by atoms with van der Waals surface area (Å²) in [5.74, 6) is 2.27. The Morgan fingerprint density at radius 2 is 1.67 bits per heavy atom. The smallest absolute Gasteiger partial charge is 0.169 e. The summed E-state index contributed by atoms with van der Waals surface area (Å²) in [5, 5.41) is 7.68. The lowest BCUT2D eigenvalue weighted by atomic mass is 10.0. The fourth-order valence-electron chi connectivity index (χ4n) is 4.15. The van der Waals surface area contributed by atoms with Crippen molar-refractivity contribution in [2.45, 2.75) is 0 Å². The number of hydrogen-bond donors (Lipinski definition) is 1. The van der Waals surface area contributed by atoms with Gasteiger partial charge >= 0.3 is 0 Å². The molecule has 0 unspecified atom stereocenters. The van der Waals surface area contributed by atoms with Crippen molar-refractivity contribution in [2.75, 3.05) is 58.5 Å². The Bertz CT molecular complexity index is 1060. The average Bonchev–Trinajstić information content (AvgIpc) is 2.89. The van der Waals surface area contributed by atoms with E-state index in [1.54, 1.807) is 14.2 Å². The van der Waals surface area contributed by atoms with Crippen molar-refractivity contribution in [1.82, 2.24) is 4.90 Å². The van der Waals surface area contributed by atoms with Gasteiger partial charge in [0.25, 0.3) is 0 Å². The van der Waals surface area contributed by atoms with Crippen LogP contribution in [0.15, 0.2) is 66.7 Å². The zero-order valence-corrected chi connectivity index (χ0v) is 19.3. The molecule has 1 N–H and O–H groups in total. The molecule has 1 aliphatic rings. The van der Waals surface area contributed by atoms with Crippen LogP contribution in [0.2, 0.25) is 0 Å².